The number of ether oxygens (including phenoxy) is 1. The molecule has 5 nitrogen and oxygen atoms in total. The van der Waals surface area contributed by atoms with Crippen molar-refractivity contribution in [2.45, 2.75) is 38.3 Å². The van der Waals surface area contributed by atoms with Gasteiger partial charge in [0.1, 0.15) is 18.2 Å². The molecule has 5 rings (SSSR count). The van der Waals surface area contributed by atoms with Crippen molar-refractivity contribution < 1.29 is 9.13 Å². The second kappa shape index (κ2) is 6.83. The molecule has 2 aliphatic rings. The van der Waals surface area contributed by atoms with Crippen molar-refractivity contribution in [3.05, 3.63) is 48.8 Å². The van der Waals surface area contributed by atoms with Crippen LogP contribution in [0, 0.1) is 11.7 Å². The van der Waals surface area contributed by atoms with Crippen LogP contribution in [-0.4, -0.2) is 33.7 Å². The second-order valence-corrected chi connectivity index (χ2v) is 7.60. The Balaban J connectivity index is 1.28. The van der Waals surface area contributed by atoms with Crippen LogP contribution in [0.4, 0.5) is 10.2 Å². The van der Waals surface area contributed by atoms with E-state index >= 15 is 0 Å². The van der Waals surface area contributed by atoms with E-state index in [9.17, 15) is 4.39 Å². The van der Waals surface area contributed by atoms with E-state index in [4.69, 9.17) is 4.74 Å². The van der Waals surface area contributed by atoms with Crippen LogP contribution in [0.1, 0.15) is 25.7 Å². The maximum atomic E-state index is 13.9. The maximum Gasteiger partial charge on any atom is 0.183 e. The molecule has 1 aliphatic heterocycles. The summed E-state index contributed by atoms with van der Waals surface area (Å²) in [5.41, 5.74) is 1.25. The Labute approximate surface area is 157 Å². The van der Waals surface area contributed by atoms with Crippen molar-refractivity contribution in [1.82, 2.24) is 14.5 Å². The number of piperidine rings is 1. The van der Waals surface area contributed by atoms with Crippen LogP contribution in [0.2, 0.25) is 0 Å². The topological polar surface area (TPSA) is 43.2 Å². The van der Waals surface area contributed by atoms with E-state index < -0.39 is 0 Å². The quantitative estimate of drug-likeness (QED) is 0.684. The van der Waals surface area contributed by atoms with Gasteiger partial charge in [-0.05, 0) is 37.0 Å². The lowest BCUT2D eigenvalue weighted by molar-refractivity contribution is 0.172. The Morgan fingerprint density at radius 1 is 1.11 bits per heavy atom. The third-order valence-corrected chi connectivity index (χ3v) is 5.61. The van der Waals surface area contributed by atoms with Gasteiger partial charge in [-0.3, -0.25) is 0 Å². The highest BCUT2D eigenvalue weighted by Gasteiger charge is 2.25. The first-order chi connectivity index (χ1) is 13.3. The minimum absolute atomic E-state index is 0.142. The van der Waals surface area contributed by atoms with Crippen molar-refractivity contribution in [2.75, 3.05) is 18.0 Å². The zero-order valence-corrected chi connectivity index (χ0v) is 15.2. The minimum atomic E-state index is -0.362. The van der Waals surface area contributed by atoms with Crippen molar-refractivity contribution in [2.24, 2.45) is 5.92 Å². The molecule has 1 saturated heterocycles. The molecule has 0 bridgehead atoms. The monoisotopic (exact) mass is 366 g/mol. The lowest BCUT2D eigenvalue weighted by Crippen LogP contribution is -2.39. The molecular formula is C21H23FN4O. The van der Waals surface area contributed by atoms with E-state index in [-0.39, 0.29) is 11.9 Å². The van der Waals surface area contributed by atoms with Gasteiger partial charge in [-0.1, -0.05) is 6.07 Å². The molecule has 0 spiro atoms. The molecule has 3 aromatic rings. The summed E-state index contributed by atoms with van der Waals surface area (Å²) >= 11 is 0. The van der Waals surface area contributed by atoms with Crippen molar-refractivity contribution >= 4 is 16.7 Å². The zero-order valence-electron chi connectivity index (χ0n) is 15.2. The van der Waals surface area contributed by atoms with Gasteiger partial charge in [-0.2, -0.15) is 0 Å². The van der Waals surface area contributed by atoms with Gasteiger partial charge in [0.05, 0.1) is 11.7 Å². The highest BCUT2D eigenvalue weighted by atomic mass is 19.1. The fourth-order valence-electron chi connectivity index (χ4n) is 3.94. The molecule has 2 fully saturated rings. The lowest BCUT2D eigenvalue weighted by atomic mass is 10.1. The number of halogens is 1. The largest absolute Gasteiger partial charge is 0.490 e. The van der Waals surface area contributed by atoms with Gasteiger partial charge < -0.3 is 14.2 Å². The fourth-order valence-corrected chi connectivity index (χ4v) is 3.94. The van der Waals surface area contributed by atoms with Crippen molar-refractivity contribution in [1.29, 1.82) is 0 Å². The maximum absolute atomic E-state index is 13.9. The Kier molecular flexibility index (Phi) is 4.19. The summed E-state index contributed by atoms with van der Waals surface area (Å²) in [4.78, 5) is 9.78. The number of fused-ring (bicyclic) bond motifs is 1. The number of rotatable bonds is 5. The van der Waals surface area contributed by atoms with E-state index in [0.29, 0.717) is 5.82 Å². The van der Waals surface area contributed by atoms with Gasteiger partial charge >= 0.3 is 0 Å². The van der Waals surface area contributed by atoms with Crippen LogP contribution in [0.5, 0.6) is 5.75 Å². The summed E-state index contributed by atoms with van der Waals surface area (Å²) in [6.45, 7) is 2.57. The molecule has 140 valence electrons. The summed E-state index contributed by atoms with van der Waals surface area (Å²) < 4.78 is 22.6. The normalized spacial score (nSPS) is 18.2. The summed E-state index contributed by atoms with van der Waals surface area (Å²) in [7, 11) is 0. The van der Waals surface area contributed by atoms with Gasteiger partial charge in [0.15, 0.2) is 11.6 Å². The smallest absolute Gasteiger partial charge is 0.183 e. The zero-order chi connectivity index (χ0) is 18.2. The Hall–Kier alpha value is -2.63. The summed E-state index contributed by atoms with van der Waals surface area (Å²) in [5.74, 6) is 1.83. The highest BCUT2D eigenvalue weighted by Crippen LogP contribution is 2.34. The SMILES string of the molecule is Fc1cncnc1N1CCC(Oc2cccc3c2ccn3CC2CC2)CC1. The highest BCUT2D eigenvalue weighted by molar-refractivity contribution is 5.86. The van der Waals surface area contributed by atoms with Crippen LogP contribution in [0.25, 0.3) is 10.9 Å². The number of anilines is 1. The average Bonchev–Trinajstić information content (AvgIpc) is 3.42. The van der Waals surface area contributed by atoms with Crippen LogP contribution >= 0.6 is 0 Å². The summed E-state index contributed by atoms with van der Waals surface area (Å²) in [6, 6.07) is 8.47. The number of nitrogens with zero attached hydrogens (tertiary/aromatic N) is 4. The molecule has 0 unspecified atom stereocenters. The van der Waals surface area contributed by atoms with Crippen LogP contribution in [0.3, 0.4) is 0 Å². The number of hydrogen-bond donors (Lipinski definition) is 0. The standard InChI is InChI=1S/C21H23FN4O/c22-18-12-23-14-24-21(18)25-9-6-16(7-10-25)27-20-3-1-2-19-17(20)8-11-26(19)13-15-4-5-15/h1-3,8,11-12,14-16H,4-7,9-10,13H2. The van der Waals surface area contributed by atoms with Gasteiger partial charge in [-0.25, -0.2) is 14.4 Å². The number of aromatic nitrogens is 3. The fraction of sp³-hybridized carbons (Fsp3) is 0.429. The average molecular weight is 366 g/mol. The second-order valence-electron chi connectivity index (χ2n) is 7.60. The molecule has 0 amide bonds. The van der Waals surface area contributed by atoms with Gasteiger partial charge in [0.25, 0.3) is 0 Å². The molecule has 1 aliphatic carbocycles. The van der Waals surface area contributed by atoms with Crippen LogP contribution in [-0.2, 0) is 6.54 Å². The third kappa shape index (κ3) is 3.36. The summed E-state index contributed by atoms with van der Waals surface area (Å²) in [6.07, 6.45) is 9.33. The van der Waals surface area contributed by atoms with E-state index in [1.54, 1.807) is 0 Å². The van der Waals surface area contributed by atoms with E-state index in [1.165, 1.54) is 36.3 Å². The summed E-state index contributed by atoms with van der Waals surface area (Å²) in [5, 5.41) is 1.18. The predicted molar refractivity (Wildman–Crippen MR) is 103 cm³/mol. The van der Waals surface area contributed by atoms with E-state index in [0.717, 1.165) is 44.1 Å². The van der Waals surface area contributed by atoms with Gasteiger partial charge in [0, 0.05) is 44.1 Å². The molecule has 3 heterocycles. The van der Waals surface area contributed by atoms with E-state index in [1.807, 2.05) is 4.90 Å². The molecule has 2 aromatic heterocycles. The minimum Gasteiger partial charge on any atom is -0.490 e. The molecule has 1 aromatic carbocycles. The first kappa shape index (κ1) is 16.5. The molecule has 0 N–H and O–H groups in total. The number of hydrogen-bond acceptors (Lipinski definition) is 4. The van der Waals surface area contributed by atoms with E-state index in [2.05, 4.69) is 45.0 Å². The van der Waals surface area contributed by atoms with Gasteiger partial charge in [-0.15, -0.1) is 0 Å². The molecule has 27 heavy (non-hydrogen) atoms. The van der Waals surface area contributed by atoms with Crippen LogP contribution < -0.4 is 9.64 Å². The first-order valence-electron chi connectivity index (χ1n) is 9.73. The van der Waals surface area contributed by atoms with Crippen molar-refractivity contribution in [3.8, 4) is 5.75 Å². The Bertz CT molecular complexity index is 944. The first-order valence-corrected chi connectivity index (χ1v) is 9.73. The van der Waals surface area contributed by atoms with Gasteiger partial charge in [0.2, 0.25) is 0 Å². The molecule has 0 atom stereocenters. The molecule has 1 saturated carbocycles. The number of benzene rings is 1. The predicted octanol–water partition coefficient (Wildman–Crippen LogP) is 4.03. The third-order valence-electron chi connectivity index (χ3n) is 5.61. The molecule has 6 heteroatoms. The Morgan fingerprint density at radius 3 is 2.74 bits per heavy atom. The van der Waals surface area contributed by atoms with Crippen LogP contribution in [0.15, 0.2) is 43.0 Å². The molecule has 0 radical (unpaired) electrons. The molecular weight excluding hydrogens is 343 g/mol. The lowest BCUT2D eigenvalue weighted by Gasteiger charge is -2.33. The van der Waals surface area contributed by atoms with Crippen molar-refractivity contribution in [3.63, 3.8) is 0 Å². The Morgan fingerprint density at radius 2 is 1.96 bits per heavy atom.